The second kappa shape index (κ2) is 10.1. The molecule has 3 atom stereocenters. The van der Waals surface area contributed by atoms with Crippen LogP contribution in [0.25, 0.3) is 5.57 Å². The number of aliphatic imine (C=N–C) groups is 2. The Morgan fingerprint density at radius 2 is 2.21 bits per heavy atom. The molecular weight excluding hydrogens is 456 g/mol. The maximum absolute atomic E-state index is 13.5. The largest absolute Gasteiger partial charge is 0.355 e. The van der Waals surface area contributed by atoms with E-state index < -0.39 is 0 Å². The molecule has 0 radical (unpaired) electrons. The average molecular weight is 485 g/mol. The minimum Gasteiger partial charge on any atom is -0.355 e. The van der Waals surface area contributed by atoms with Crippen LogP contribution < -0.4 is 16.1 Å². The molecule has 1 aromatic rings. The average Bonchev–Trinajstić information content (AvgIpc) is 3.42. The lowest BCUT2D eigenvalue weighted by Crippen LogP contribution is -2.45. The van der Waals surface area contributed by atoms with Gasteiger partial charge < -0.3 is 5.32 Å². The van der Waals surface area contributed by atoms with Crippen molar-refractivity contribution in [2.24, 2.45) is 9.98 Å². The number of amides is 2. The van der Waals surface area contributed by atoms with Crippen molar-refractivity contribution in [1.82, 2.24) is 21.0 Å². The number of hydroxylamine groups is 1. The van der Waals surface area contributed by atoms with Gasteiger partial charge in [0.1, 0.15) is 5.84 Å². The molecule has 0 spiro atoms. The van der Waals surface area contributed by atoms with E-state index in [1.165, 1.54) is 0 Å². The number of benzene rings is 1. The highest BCUT2D eigenvalue weighted by Gasteiger charge is 2.32. The highest BCUT2D eigenvalue weighted by atomic mass is 35.5. The van der Waals surface area contributed by atoms with E-state index in [1.807, 2.05) is 52.0 Å². The van der Waals surface area contributed by atoms with Gasteiger partial charge in [0, 0.05) is 40.4 Å². The van der Waals surface area contributed by atoms with Crippen molar-refractivity contribution < 1.29 is 14.4 Å². The summed E-state index contributed by atoms with van der Waals surface area (Å²) in [5, 5.41) is 6.49. The van der Waals surface area contributed by atoms with Gasteiger partial charge in [0.25, 0.3) is 5.91 Å². The number of hydrogen-bond acceptors (Lipinski definition) is 7. The Bertz CT molecular complexity index is 1130. The lowest BCUT2D eigenvalue weighted by Gasteiger charge is -2.30. The number of amidine groups is 2. The molecule has 9 nitrogen and oxygen atoms in total. The standard InChI is InChI=1S/C24H29ClN6O3/c1-5-15-11-18(17-8-7-16(12-19(17)25)21-29-14(4)34-30-21)24(33)31(6-2)22(15)28-13(3)27-20-9-10-26-23(20)32/h5,7-8,11-14,20,27H,6,9-10H2,1-4H3,(H,26,32)(H,29,30)/b15-5-,28-22+. The van der Waals surface area contributed by atoms with E-state index in [0.717, 1.165) is 11.1 Å². The maximum Gasteiger partial charge on any atom is 0.260 e. The molecule has 4 rings (SSSR count). The fourth-order valence-electron chi connectivity index (χ4n) is 4.18. The number of rotatable bonds is 6. The molecule has 3 aliphatic heterocycles. The molecular formula is C24H29ClN6O3. The maximum atomic E-state index is 13.5. The van der Waals surface area contributed by atoms with Gasteiger partial charge in [-0.2, -0.15) is 0 Å². The van der Waals surface area contributed by atoms with Gasteiger partial charge in [-0.1, -0.05) is 29.8 Å². The molecule has 34 heavy (non-hydrogen) atoms. The first-order chi connectivity index (χ1) is 16.3. The van der Waals surface area contributed by atoms with Crippen molar-refractivity contribution in [2.45, 2.75) is 52.6 Å². The van der Waals surface area contributed by atoms with E-state index in [9.17, 15) is 9.59 Å². The van der Waals surface area contributed by atoms with E-state index in [0.29, 0.717) is 47.3 Å². The Balaban J connectivity index is 1.64. The SMILES string of the molecule is C/C=C1/C=C(c2ccc(C3=NC(C)ON3)cc2Cl)C(=O)N(CC)/C1=N/C(C)NC1CCNC1=O. The van der Waals surface area contributed by atoms with Gasteiger partial charge in [-0.15, -0.1) is 0 Å². The molecule has 0 aromatic heterocycles. The number of carbonyl (C=O) groups excluding carboxylic acids is 2. The zero-order valence-electron chi connectivity index (χ0n) is 19.7. The van der Waals surface area contributed by atoms with Crippen LogP contribution in [0, 0.1) is 0 Å². The van der Waals surface area contributed by atoms with Gasteiger partial charge in [0.05, 0.1) is 12.2 Å². The van der Waals surface area contributed by atoms with Gasteiger partial charge in [0.2, 0.25) is 5.91 Å². The monoisotopic (exact) mass is 484 g/mol. The summed E-state index contributed by atoms with van der Waals surface area (Å²) >= 11 is 6.62. The minimum atomic E-state index is -0.345. The number of nitrogens with zero attached hydrogens (tertiary/aromatic N) is 3. The predicted molar refractivity (Wildman–Crippen MR) is 132 cm³/mol. The van der Waals surface area contributed by atoms with Gasteiger partial charge in [0.15, 0.2) is 12.1 Å². The van der Waals surface area contributed by atoms with E-state index >= 15 is 0 Å². The molecule has 0 saturated carbocycles. The van der Waals surface area contributed by atoms with Crippen LogP contribution in [-0.2, 0) is 14.4 Å². The van der Waals surface area contributed by atoms with E-state index in [4.69, 9.17) is 21.4 Å². The lowest BCUT2D eigenvalue weighted by atomic mass is 9.95. The quantitative estimate of drug-likeness (QED) is 0.574. The Labute approximate surface area is 203 Å². The number of hydrogen-bond donors (Lipinski definition) is 3. The Hall–Kier alpha value is -3.01. The highest BCUT2D eigenvalue weighted by molar-refractivity contribution is 6.37. The highest BCUT2D eigenvalue weighted by Crippen LogP contribution is 2.32. The molecule has 2 amide bonds. The molecule has 3 N–H and O–H groups in total. The summed E-state index contributed by atoms with van der Waals surface area (Å²) in [4.78, 5) is 41.4. The van der Waals surface area contributed by atoms with E-state index in [-0.39, 0.29) is 30.2 Å². The van der Waals surface area contributed by atoms with Crippen LogP contribution in [-0.4, -0.2) is 59.9 Å². The van der Waals surface area contributed by atoms with Crippen molar-refractivity contribution >= 4 is 40.7 Å². The fourth-order valence-corrected chi connectivity index (χ4v) is 4.46. The molecule has 3 unspecified atom stereocenters. The summed E-state index contributed by atoms with van der Waals surface area (Å²) in [7, 11) is 0. The number of carbonyl (C=O) groups is 2. The summed E-state index contributed by atoms with van der Waals surface area (Å²) in [6.45, 7) is 8.61. The zero-order valence-corrected chi connectivity index (χ0v) is 20.4. The van der Waals surface area contributed by atoms with Gasteiger partial charge in [-0.25, -0.2) is 20.3 Å². The Kier molecular flexibility index (Phi) is 7.16. The van der Waals surface area contributed by atoms with Crippen molar-refractivity contribution in [3.63, 3.8) is 0 Å². The van der Waals surface area contributed by atoms with Crippen LogP contribution in [0.4, 0.5) is 0 Å². The van der Waals surface area contributed by atoms with Crippen LogP contribution in [0.15, 0.2) is 45.9 Å². The molecule has 0 bridgehead atoms. The fraction of sp³-hybridized carbons (Fsp3) is 0.417. The normalized spacial score (nSPS) is 26.0. The summed E-state index contributed by atoms with van der Waals surface area (Å²) < 4.78 is 0. The van der Waals surface area contributed by atoms with Crippen LogP contribution in [0.3, 0.4) is 0 Å². The van der Waals surface area contributed by atoms with E-state index in [2.05, 4.69) is 21.1 Å². The van der Waals surface area contributed by atoms with Gasteiger partial charge >= 0.3 is 0 Å². The predicted octanol–water partition coefficient (Wildman–Crippen LogP) is 2.38. The van der Waals surface area contributed by atoms with Gasteiger partial charge in [-0.3, -0.25) is 19.8 Å². The van der Waals surface area contributed by atoms with Crippen molar-refractivity contribution in [1.29, 1.82) is 0 Å². The van der Waals surface area contributed by atoms with Crippen LogP contribution in [0.1, 0.15) is 45.2 Å². The Morgan fingerprint density at radius 3 is 2.79 bits per heavy atom. The molecule has 1 saturated heterocycles. The third kappa shape index (κ3) is 4.77. The van der Waals surface area contributed by atoms with Crippen LogP contribution in [0.5, 0.6) is 0 Å². The number of likely N-dealkylation sites (N-methyl/N-ethyl adjacent to an activating group) is 1. The number of halogens is 1. The first-order valence-electron chi connectivity index (χ1n) is 11.4. The van der Waals surface area contributed by atoms with Gasteiger partial charge in [-0.05, 0) is 46.3 Å². The molecule has 0 aliphatic carbocycles. The van der Waals surface area contributed by atoms with Crippen molar-refractivity contribution in [2.75, 3.05) is 13.1 Å². The lowest BCUT2D eigenvalue weighted by molar-refractivity contribution is -0.122. The first kappa shape index (κ1) is 24.1. The third-order valence-electron chi connectivity index (χ3n) is 5.89. The molecule has 1 aromatic carbocycles. The van der Waals surface area contributed by atoms with Crippen molar-refractivity contribution in [3.05, 3.63) is 52.1 Å². The second-order valence-corrected chi connectivity index (χ2v) is 8.68. The van der Waals surface area contributed by atoms with Crippen LogP contribution >= 0.6 is 11.6 Å². The smallest absolute Gasteiger partial charge is 0.260 e. The minimum absolute atomic E-state index is 0.0227. The number of allylic oxidation sites excluding steroid dienone is 1. The second-order valence-electron chi connectivity index (χ2n) is 8.27. The summed E-state index contributed by atoms with van der Waals surface area (Å²) in [6.07, 6.45) is 3.83. The third-order valence-corrected chi connectivity index (χ3v) is 6.21. The molecule has 3 aliphatic rings. The summed E-state index contributed by atoms with van der Waals surface area (Å²) in [6, 6.07) is 5.17. The van der Waals surface area contributed by atoms with E-state index in [1.54, 1.807) is 11.0 Å². The summed E-state index contributed by atoms with van der Waals surface area (Å²) in [5.74, 6) is 0.965. The molecule has 1 fully saturated rings. The molecule has 180 valence electrons. The zero-order chi connectivity index (χ0) is 24.4. The van der Waals surface area contributed by atoms with Crippen molar-refractivity contribution in [3.8, 4) is 0 Å². The topological polar surface area (TPSA) is 107 Å². The van der Waals surface area contributed by atoms with Crippen LogP contribution in [0.2, 0.25) is 5.02 Å². The Morgan fingerprint density at radius 1 is 1.41 bits per heavy atom. The first-order valence-corrected chi connectivity index (χ1v) is 11.8. The number of nitrogens with one attached hydrogen (secondary N) is 3. The molecule has 3 heterocycles. The summed E-state index contributed by atoms with van der Waals surface area (Å²) in [5.41, 5.74) is 5.50. The molecule has 10 heteroatoms.